The van der Waals surface area contributed by atoms with Crippen molar-refractivity contribution in [3.63, 3.8) is 0 Å². The molecule has 1 aromatic rings. The predicted octanol–water partition coefficient (Wildman–Crippen LogP) is 3.95. The molecule has 3 heteroatoms. The standard InChI is InChI=1S/C15H22BrNO/c1-13-4-3-8-17(9-7-13)10-11-18-15-6-2-5-14(16)12-15/h2,5-6,12-13H,3-4,7-11H2,1H3. The van der Waals surface area contributed by atoms with Crippen molar-refractivity contribution in [1.82, 2.24) is 4.90 Å². The lowest BCUT2D eigenvalue weighted by Crippen LogP contribution is -2.29. The molecule has 1 aliphatic heterocycles. The van der Waals surface area contributed by atoms with Crippen LogP contribution in [-0.2, 0) is 0 Å². The van der Waals surface area contributed by atoms with Gasteiger partial charge in [0.05, 0.1) is 0 Å². The molecule has 0 amide bonds. The van der Waals surface area contributed by atoms with E-state index in [1.54, 1.807) is 0 Å². The molecule has 1 aliphatic rings. The fourth-order valence-corrected chi connectivity index (χ4v) is 2.77. The van der Waals surface area contributed by atoms with Crippen LogP contribution in [0.15, 0.2) is 28.7 Å². The first-order valence-electron chi connectivity index (χ1n) is 6.85. The summed E-state index contributed by atoms with van der Waals surface area (Å²) < 4.78 is 6.86. The number of likely N-dealkylation sites (tertiary alicyclic amines) is 1. The Morgan fingerprint density at radius 3 is 3.06 bits per heavy atom. The lowest BCUT2D eigenvalue weighted by atomic mass is 10.0. The second kappa shape index (κ2) is 7.15. The van der Waals surface area contributed by atoms with Crippen molar-refractivity contribution in [2.45, 2.75) is 26.2 Å². The molecule has 0 saturated carbocycles. The summed E-state index contributed by atoms with van der Waals surface area (Å²) in [6, 6.07) is 8.05. The Morgan fingerprint density at radius 1 is 1.33 bits per heavy atom. The molecule has 18 heavy (non-hydrogen) atoms. The first-order valence-corrected chi connectivity index (χ1v) is 7.64. The van der Waals surface area contributed by atoms with Crippen molar-refractivity contribution in [3.8, 4) is 5.75 Å². The van der Waals surface area contributed by atoms with Crippen molar-refractivity contribution in [2.75, 3.05) is 26.2 Å². The van der Waals surface area contributed by atoms with Gasteiger partial charge in [-0.15, -0.1) is 0 Å². The molecule has 1 saturated heterocycles. The third kappa shape index (κ3) is 4.62. The zero-order valence-corrected chi connectivity index (χ0v) is 12.7. The maximum atomic E-state index is 5.79. The van der Waals surface area contributed by atoms with Gasteiger partial charge in [-0.25, -0.2) is 0 Å². The van der Waals surface area contributed by atoms with Crippen LogP contribution >= 0.6 is 15.9 Å². The third-order valence-electron chi connectivity index (χ3n) is 3.58. The molecule has 100 valence electrons. The fourth-order valence-electron chi connectivity index (χ4n) is 2.40. The van der Waals surface area contributed by atoms with Crippen LogP contribution in [0.25, 0.3) is 0 Å². The van der Waals surface area contributed by atoms with E-state index in [-0.39, 0.29) is 0 Å². The number of ether oxygens (including phenoxy) is 1. The average Bonchev–Trinajstić information content (AvgIpc) is 2.55. The second-order valence-corrected chi connectivity index (χ2v) is 6.10. The van der Waals surface area contributed by atoms with Crippen molar-refractivity contribution >= 4 is 15.9 Å². The number of benzene rings is 1. The van der Waals surface area contributed by atoms with Gasteiger partial charge in [0.25, 0.3) is 0 Å². The topological polar surface area (TPSA) is 12.5 Å². The monoisotopic (exact) mass is 311 g/mol. The normalized spacial score (nSPS) is 21.6. The van der Waals surface area contributed by atoms with Gasteiger partial charge in [-0.05, 0) is 56.5 Å². The van der Waals surface area contributed by atoms with E-state index in [0.29, 0.717) is 0 Å². The Hall–Kier alpha value is -0.540. The highest BCUT2D eigenvalue weighted by atomic mass is 79.9. The van der Waals surface area contributed by atoms with Crippen molar-refractivity contribution in [3.05, 3.63) is 28.7 Å². The van der Waals surface area contributed by atoms with Gasteiger partial charge in [-0.2, -0.15) is 0 Å². The van der Waals surface area contributed by atoms with Crippen LogP contribution in [0.2, 0.25) is 0 Å². The van der Waals surface area contributed by atoms with E-state index < -0.39 is 0 Å². The molecule has 0 spiro atoms. The van der Waals surface area contributed by atoms with E-state index in [0.717, 1.165) is 29.3 Å². The van der Waals surface area contributed by atoms with Gasteiger partial charge in [0.15, 0.2) is 0 Å². The van der Waals surface area contributed by atoms with E-state index in [2.05, 4.69) is 27.8 Å². The molecule has 0 N–H and O–H groups in total. The molecule has 0 aliphatic carbocycles. The molecule has 0 aromatic heterocycles. The third-order valence-corrected chi connectivity index (χ3v) is 4.07. The maximum absolute atomic E-state index is 5.79. The van der Waals surface area contributed by atoms with E-state index in [9.17, 15) is 0 Å². The summed E-state index contributed by atoms with van der Waals surface area (Å²) in [7, 11) is 0. The molecule has 2 nitrogen and oxygen atoms in total. The number of hydrogen-bond acceptors (Lipinski definition) is 2. The van der Waals surface area contributed by atoms with E-state index in [1.807, 2.05) is 24.3 Å². The predicted molar refractivity (Wildman–Crippen MR) is 79.1 cm³/mol. The highest BCUT2D eigenvalue weighted by molar-refractivity contribution is 9.10. The van der Waals surface area contributed by atoms with Crippen molar-refractivity contribution < 1.29 is 4.74 Å². The highest BCUT2D eigenvalue weighted by Gasteiger charge is 2.13. The highest BCUT2D eigenvalue weighted by Crippen LogP contribution is 2.18. The largest absolute Gasteiger partial charge is 0.492 e. The Bertz CT molecular complexity index is 369. The molecular formula is C15H22BrNO. The van der Waals surface area contributed by atoms with Crippen molar-refractivity contribution in [1.29, 1.82) is 0 Å². The van der Waals surface area contributed by atoms with Crippen molar-refractivity contribution in [2.24, 2.45) is 5.92 Å². The van der Waals surface area contributed by atoms with Gasteiger partial charge >= 0.3 is 0 Å². The number of hydrogen-bond donors (Lipinski definition) is 0. The van der Waals surface area contributed by atoms with Crippen LogP contribution in [0, 0.1) is 5.92 Å². The summed E-state index contributed by atoms with van der Waals surface area (Å²) in [5.74, 6) is 1.84. The smallest absolute Gasteiger partial charge is 0.120 e. The Labute approximate surface area is 118 Å². The Morgan fingerprint density at radius 2 is 2.22 bits per heavy atom. The molecular weight excluding hydrogens is 290 g/mol. The summed E-state index contributed by atoms with van der Waals surface area (Å²) in [6.45, 7) is 6.64. The second-order valence-electron chi connectivity index (χ2n) is 5.18. The number of nitrogens with zero attached hydrogens (tertiary/aromatic N) is 1. The first kappa shape index (κ1) is 13.9. The molecule has 1 fully saturated rings. The van der Waals surface area contributed by atoms with E-state index in [1.165, 1.54) is 32.4 Å². The quantitative estimate of drug-likeness (QED) is 0.835. The summed E-state index contributed by atoms with van der Waals surface area (Å²) >= 11 is 3.46. The van der Waals surface area contributed by atoms with Crippen LogP contribution in [-0.4, -0.2) is 31.1 Å². The number of rotatable bonds is 4. The van der Waals surface area contributed by atoms with Gasteiger partial charge < -0.3 is 4.74 Å². The SMILES string of the molecule is CC1CCCN(CCOc2cccc(Br)c2)CC1. The molecule has 1 aromatic carbocycles. The first-order chi connectivity index (χ1) is 8.74. The van der Waals surface area contributed by atoms with Gasteiger partial charge in [0.1, 0.15) is 12.4 Å². The minimum Gasteiger partial charge on any atom is -0.492 e. The average molecular weight is 312 g/mol. The molecule has 1 heterocycles. The lowest BCUT2D eigenvalue weighted by molar-refractivity contribution is 0.212. The number of halogens is 1. The summed E-state index contributed by atoms with van der Waals surface area (Å²) in [5.41, 5.74) is 0. The van der Waals surface area contributed by atoms with Crippen LogP contribution in [0.5, 0.6) is 5.75 Å². The molecule has 0 radical (unpaired) electrons. The zero-order chi connectivity index (χ0) is 12.8. The van der Waals surface area contributed by atoms with E-state index >= 15 is 0 Å². The van der Waals surface area contributed by atoms with Crippen LogP contribution in [0.3, 0.4) is 0 Å². The summed E-state index contributed by atoms with van der Waals surface area (Å²) in [6.07, 6.45) is 4.04. The minimum absolute atomic E-state index is 0.783. The van der Waals surface area contributed by atoms with Crippen LogP contribution in [0.4, 0.5) is 0 Å². The molecule has 1 unspecified atom stereocenters. The van der Waals surface area contributed by atoms with Crippen LogP contribution < -0.4 is 4.74 Å². The zero-order valence-electron chi connectivity index (χ0n) is 11.1. The van der Waals surface area contributed by atoms with Gasteiger partial charge in [0, 0.05) is 11.0 Å². The van der Waals surface area contributed by atoms with Crippen LogP contribution in [0.1, 0.15) is 26.2 Å². The van der Waals surface area contributed by atoms with E-state index in [4.69, 9.17) is 4.74 Å². The minimum atomic E-state index is 0.783. The summed E-state index contributed by atoms with van der Waals surface area (Å²) in [4.78, 5) is 2.53. The van der Waals surface area contributed by atoms with Gasteiger partial charge in [-0.1, -0.05) is 28.9 Å². The van der Waals surface area contributed by atoms with Gasteiger partial charge in [0.2, 0.25) is 0 Å². The fraction of sp³-hybridized carbons (Fsp3) is 0.600. The Balaban J connectivity index is 1.71. The maximum Gasteiger partial charge on any atom is 0.120 e. The Kier molecular flexibility index (Phi) is 5.51. The molecule has 1 atom stereocenters. The lowest BCUT2D eigenvalue weighted by Gasteiger charge is -2.19. The summed E-state index contributed by atoms with van der Waals surface area (Å²) in [5, 5.41) is 0. The van der Waals surface area contributed by atoms with Gasteiger partial charge in [-0.3, -0.25) is 4.90 Å². The molecule has 2 rings (SSSR count). The molecule has 0 bridgehead atoms.